The predicted molar refractivity (Wildman–Crippen MR) is 134 cm³/mol. The Morgan fingerprint density at radius 1 is 1.06 bits per heavy atom. The molecule has 1 aromatic heterocycles. The lowest BCUT2D eigenvalue weighted by Gasteiger charge is -2.28. The molecule has 1 amide bonds. The van der Waals surface area contributed by atoms with Gasteiger partial charge >= 0.3 is 0 Å². The Morgan fingerprint density at radius 3 is 2.47 bits per heavy atom. The highest BCUT2D eigenvalue weighted by atomic mass is 32.2. The first kappa shape index (κ1) is 23.9. The van der Waals surface area contributed by atoms with Crippen molar-refractivity contribution in [2.75, 3.05) is 18.5 Å². The minimum Gasteiger partial charge on any atom is -0.490 e. The number of hydrogen-bond donors (Lipinski definition) is 1. The van der Waals surface area contributed by atoms with Gasteiger partial charge in [0.1, 0.15) is 5.82 Å². The van der Waals surface area contributed by atoms with Crippen molar-refractivity contribution >= 4 is 23.5 Å². The average molecular weight is 480 g/mol. The fourth-order valence-corrected chi connectivity index (χ4v) is 4.99. The third-order valence-electron chi connectivity index (χ3n) is 5.76. The standard InChI is InChI=1S/C26H29N3O4S/c1-5-32-20-12-11-18(13-21(20)33-6-2)19-14-22(30)27-24-23(19)25(31)28-26(29(24)4)34-15-17-9-7-16(3)8-10-17/h7-13,19H,5-6,14-15H2,1-4H3,(H,27,30). The molecule has 8 heteroatoms. The third kappa shape index (κ3) is 4.97. The van der Waals surface area contributed by atoms with Crippen molar-refractivity contribution in [3.8, 4) is 11.5 Å². The first-order valence-electron chi connectivity index (χ1n) is 11.4. The number of rotatable bonds is 8. The monoisotopic (exact) mass is 479 g/mol. The normalized spacial score (nSPS) is 14.9. The van der Waals surface area contributed by atoms with Gasteiger partial charge in [0, 0.05) is 25.1 Å². The lowest BCUT2D eigenvalue weighted by molar-refractivity contribution is -0.116. The summed E-state index contributed by atoms with van der Waals surface area (Å²) in [5, 5.41) is 3.46. The molecule has 1 aliphatic heterocycles. The summed E-state index contributed by atoms with van der Waals surface area (Å²) in [5.74, 6) is 1.86. The number of amides is 1. The minimum atomic E-state index is -0.416. The fraction of sp³-hybridized carbons (Fsp3) is 0.346. The smallest absolute Gasteiger partial charge is 0.279 e. The molecule has 7 nitrogen and oxygen atoms in total. The molecule has 0 spiro atoms. The van der Waals surface area contributed by atoms with Crippen LogP contribution in [-0.2, 0) is 17.6 Å². The van der Waals surface area contributed by atoms with Crippen molar-refractivity contribution in [2.24, 2.45) is 7.05 Å². The number of carbonyl (C=O) groups excluding carboxylic acids is 1. The van der Waals surface area contributed by atoms with Crippen LogP contribution in [0.3, 0.4) is 0 Å². The molecule has 1 atom stereocenters. The lowest BCUT2D eigenvalue weighted by atomic mass is 9.86. The summed E-state index contributed by atoms with van der Waals surface area (Å²) >= 11 is 1.47. The maximum absolute atomic E-state index is 13.2. The number of aromatic nitrogens is 2. The zero-order chi connectivity index (χ0) is 24.2. The van der Waals surface area contributed by atoms with Crippen LogP contribution >= 0.6 is 11.8 Å². The van der Waals surface area contributed by atoms with E-state index < -0.39 is 5.92 Å². The molecule has 2 aromatic carbocycles. The quantitative estimate of drug-likeness (QED) is 0.374. The van der Waals surface area contributed by atoms with Gasteiger partial charge in [-0.05, 0) is 44.0 Å². The molecule has 0 fully saturated rings. The number of ether oxygens (including phenoxy) is 2. The minimum absolute atomic E-state index is 0.139. The fourth-order valence-electron chi connectivity index (χ4n) is 4.07. The number of benzene rings is 2. The van der Waals surface area contributed by atoms with Gasteiger partial charge in [-0.15, -0.1) is 0 Å². The van der Waals surface area contributed by atoms with E-state index in [1.807, 2.05) is 46.0 Å². The van der Waals surface area contributed by atoms with Gasteiger partial charge in [-0.2, -0.15) is 4.98 Å². The van der Waals surface area contributed by atoms with Crippen molar-refractivity contribution in [1.29, 1.82) is 0 Å². The molecule has 0 radical (unpaired) electrons. The number of carbonyl (C=O) groups is 1. The van der Waals surface area contributed by atoms with Gasteiger partial charge in [0.05, 0.1) is 18.8 Å². The highest BCUT2D eigenvalue weighted by Crippen LogP contribution is 2.39. The second-order valence-electron chi connectivity index (χ2n) is 8.17. The first-order valence-corrected chi connectivity index (χ1v) is 12.4. The molecule has 0 aliphatic carbocycles. The van der Waals surface area contributed by atoms with Crippen molar-refractivity contribution in [2.45, 2.75) is 44.0 Å². The summed E-state index contributed by atoms with van der Waals surface area (Å²) in [5.41, 5.74) is 3.33. The number of hydrogen-bond acceptors (Lipinski definition) is 6. The molecule has 2 heterocycles. The summed E-state index contributed by atoms with van der Waals surface area (Å²) in [6.07, 6.45) is 0.166. The SMILES string of the molecule is CCOc1ccc(C2CC(=O)Nc3c2c(=O)nc(SCc2ccc(C)cc2)n3C)cc1OCC. The Hall–Kier alpha value is -3.26. The van der Waals surface area contributed by atoms with Crippen LogP contribution in [0.5, 0.6) is 11.5 Å². The van der Waals surface area contributed by atoms with E-state index in [0.717, 1.165) is 11.1 Å². The van der Waals surface area contributed by atoms with Gasteiger partial charge < -0.3 is 19.4 Å². The van der Waals surface area contributed by atoms with E-state index in [2.05, 4.69) is 34.6 Å². The number of nitrogens with zero attached hydrogens (tertiary/aromatic N) is 2. The highest BCUT2D eigenvalue weighted by Gasteiger charge is 2.32. The maximum atomic E-state index is 13.2. The Labute approximate surface area is 203 Å². The predicted octanol–water partition coefficient (Wildman–Crippen LogP) is 4.65. The molecule has 178 valence electrons. The van der Waals surface area contributed by atoms with Gasteiger partial charge in [-0.25, -0.2) is 0 Å². The zero-order valence-corrected chi connectivity index (χ0v) is 20.7. The van der Waals surface area contributed by atoms with E-state index in [9.17, 15) is 9.59 Å². The number of anilines is 1. The molecule has 3 aromatic rings. The van der Waals surface area contributed by atoms with Crippen LogP contribution in [0.2, 0.25) is 0 Å². The van der Waals surface area contributed by atoms with Gasteiger partial charge in [0.15, 0.2) is 16.7 Å². The Bertz CT molecular complexity index is 1250. The van der Waals surface area contributed by atoms with E-state index >= 15 is 0 Å². The Kier molecular flexibility index (Phi) is 7.26. The Balaban J connectivity index is 1.70. The van der Waals surface area contributed by atoms with Crippen molar-refractivity contribution < 1.29 is 14.3 Å². The van der Waals surface area contributed by atoms with Crippen LogP contribution in [-0.4, -0.2) is 28.7 Å². The molecule has 34 heavy (non-hydrogen) atoms. The molecule has 1 N–H and O–H groups in total. The van der Waals surface area contributed by atoms with E-state index in [4.69, 9.17) is 9.47 Å². The molecule has 0 saturated heterocycles. The van der Waals surface area contributed by atoms with Crippen LogP contribution in [0.25, 0.3) is 0 Å². The van der Waals surface area contributed by atoms with Gasteiger partial charge in [-0.3, -0.25) is 9.59 Å². The molecule has 1 unspecified atom stereocenters. The first-order chi connectivity index (χ1) is 16.4. The maximum Gasteiger partial charge on any atom is 0.279 e. The van der Waals surface area contributed by atoms with Crippen molar-refractivity contribution in [3.63, 3.8) is 0 Å². The van der Waals surface area contributed by atoms with Crippen LogP contribution in [0.1, 0.15) is 48.4 Å². The molecular weight excluding hydrogens is 450 g/mol. The molecule has 0 saturated carbocycles. The average Bonchev–Trinajstić information content (AvgIpc) is 2.82. The van der Waals surface area contributed by atoms with Gasteiger partial charge in [-0.1, -0.05) is 47.7 Å². The number of aryl methyl sites for hydroxylation is 1. The largest absolute Gasteiger partial charge is 0.490 e. The Morgan fingerprint density at radius 2 is 1.76 bits per heavy atom. The summed E-state index contributed by atoms with van der Waals surface area (Å²) in [6, 6.07) is 13.8. The highest BCUT2D eigenvalue weighted by molar-refractivity contribution is 7.98. The lowest BCUT2D eigenvalue weighted by Crippen LogP contribution is -2.33. The van der Waals surface area contributed by atoms with Gasteiger partial charge in [0.2, 0.25) is 5.91 Å². The van der Waals surface area contributed by atoms with Crippen LogP contribution in [0.15, 0.2) is 52.4 Å². The van der Waals surface area contributed by atoms with Crippen molar-refractivity contribution in [3.05, 3.63) is 75.1 Å². The van der Waals surface area contributed by atoms with Crippen LogP contribution in [0, 0.1) is 6.92 Å². The van der Waals surface area contributed by atoms with Crippen LogP contribution in [0.4, 0.5) is 5.82 Å². The second kappa shape index (κ2) is 10.3. The third-order valence-corrected chi connectivity index (χ3v) is 6.86. The molecule has 4 rings (SSSR count). The van der Waals surface area contributed by atoms with E-state index in [0.29, 0.717) is 47.0 Å². The molecular formula is C26H29N3O4S. The van der Waals surface area contributed by atoms with E-state index in [-0.39, 0.29) is 17.9 Å². The van der Waals surface area contributed by atoms with E-state index in [1.54, 1.807) is 4.57 Å². The molecule has 1 aliphatic rings. The number of fused-ring (bicyclic) bond motifs is 1. The van der Waals surface area contributed by atoms with Crippen LogP contribution < -0.4 is 20.3 Å². The molecule has 0 bridgehead atoms. The topological polar surface area (TPSA) is 82.5 Å². The zero-order valence-electron chi connectivity index (χ0n) is 19.9. The summed E-state index contributed by atoms with van der Waals surface area (Å²) in [4.78, 5) is 30.3. The number of thioether (sulfide) groups is 1. The second-order valence-corrected chi connectivity index (χ2v) is 9.11. The summed E-state index contributed by atoms with van der Waals surface area (Å²) in [7, 11) is 1.83. The van der Waals surface area contributed by atoms with Crippen molar-refractivity contribution in [1.82, 2.24) is 9.55 Å². The summed E-state index contributed by atoms with van der Waals surface area (Å²) in [6.45, 7) is 6.86. The summed E-state index contributed by atoms with van der Waals surface area (Å²) < 4.78 is 13.2. The van der Waals surface area contributed by atoms with Gasteiger partial charge in [0.25, 0.3) is 5.56 Å². The number of nitrogens with one attached hydrogen (secondary N) is 1. The van der Waals surface area contributed by atoms with E-state index in [1.165, 1.54) is 17.3 Å².